The Morgan fingerprint density at radius 3 is 2.54 bits per heavy atom. The van der Waals surface area contributed by atoms with Gasteiger partial charge in [0, 0.05) is 5.41 Å². The van der Waals surface area contributed by atoms with E-state index in [0.29, 0.717) is 11.6 Å². The van der Waals surface area contributed by atoms with Crippen LogP contribution in [0.1, 0.15) is 32.4 Å². The molecule has 0 radical (unpaired) electrons. The van der Waals surface area contributed by atoms with E-state index in [9.17, 15) is 4.79 Å². The van der Waals surface area contributed by atoms with Crippen LogP contribution in [0.5, 0.6) is 0 Å². The van der Waals surface area contributed by atoms with Gasteiger partial charge in [-0.15, -0.1) is 0 Å². The molecular weight excluding hydrogens is 170 g/mol. The molecule has 72 valence electrons. The topological polar surface area (TPSA) is 78.9 Å². The van der Waals surface area contributed by atoms with E-state index in [4.69, 9.17) is 5.11 Å². The van der Waals surface area contributed by atoms with E-state index in [1.807, 2.05) is 20.8 Å². The number of hydrogen-bond donors (Lipinski definition) is 2. The first-order valence-electron chi connectivity index (χ1n) is 4.03. The summed E-state index contributed by atoms with van der Waals surface area (Å²) in [5, 5.41) is 15.0. The molecule has 0 bridgehead atoms. The second-order valence-corrected chi connectivity index (χ2v) is 3.93. The molecule has 0 spiro atoms. The van der Waals surface area contributed by atoms with Gasteiger partial charge in [-0.3, -0.25) is 9.89 Å². The van der Waals surface area contributed by atoms with Crippen LogP contribution in [-0.4, -0.2) is 26.3 Å². The van der Waals surface area contributed by atoms with Gasteiger partial charge >= 0.3 is 5.97 Å². The van der Waals surface area contributed by atoms with Gasteiger partial charge in [-0.25, -0.2) is 4.98 Å². The van der Waals surface area contributed by atoms with Gasteiger partial charge in [0.25, 0.3) is 0 Å². The van der Waals surface area contributed by atoms with Crippen LogP contribution >= 0.6 is 0 Å². The molecule has 1 rings (SSSR count). The molecule has 5 heteroatoms. The average molecular weight is 183 g/mol. The van der Waals surface area contributed by atoms with Crippen LogP contribution in [0.25, 0.3) is 0 Å². The monoisotopic (exact) mass is 183 g/mol. The SMILES string of the molecule is CC(C)(C)c1n[nH]c(CC(=O)O)n1. The standard InChI is InChI=1S/C8H13N3O2/c1-8(2,3)7-9-5(10-11-7)4-6(12)13/h4H2,1-3H3,(H,12,13)(H,9,10,11). The number of carbonyl (C=O) groups is 1. The maximum atomic E-state index is 10.3. The first kappa shape index (κ1) is 9.70. The van der Waals surface area contributed by atoms with Gasteiger partial charge in [0.05, 0.1) is 0 Å². The molecule has 2 N–H and O–H groups in total. The molecule has 0 aliphatic heterocycles. The van der Waals surface area contributed by atoms with Crippen molar-refractivity contribution in [3.05, 3.63) is 11.6 Å². The van der Waals surface area contributed by atoms with Crippen LogP contribution in [0.3, 0.4) is 0 Å². The smallest absolute Gasteiger partial charge is 0.311 e. The summed E-state index contributed by atoms with van der Waals surface area (Å²) in [7, 11) is 0. The van der Waals surface area contributed by atoms with E-state index in [0.717, 1.165) is 0 Å². The highest BCUT2D eigenvalue weighted by Crippen LogP contribution is 2.17. The molecule has 1 heterocycles. The molecule has 0 saturated heterocycles. The van der Waals surface area contributed by atoms with Gasteiger partial charge in [0.1, 0.15) is 12.2 Å². The molecule has 0 fully saturated rings. The molecule has 1 aromatic heterocycles. The highest BCUT2D eigenvalue weighted by atomic mass is 16.4. The normalized spacial score (nSPS) is 11.6. The molecule has 0 aromatic carbocycles. The molecule has 5 nitrogen and oxygen atoms in total. The molecule has 1 aromatic rings. The molecule has 13 heavy (non-hydrogen) atoms. The number of aromatic nitrogens is 3. The molecule has 0 aliphatic rings. The van der Waals surface area contributed by atoms with Crippen molar-refractivity contribution in [3.63, 3.8) is 0 Å². The Hall–Kier alpha value is -1.39. The van der Waals surface area contributed by atoms with Gasteiger partial charge in [-0.1, -0.05) is 20.8 Å². The van der Waals surface area contributed by atoms with Crippen LogP contribution < -0.4 is 0 Å². The van der Waals surface area contributed by atoms with Crippen molar-refractivity contribution in [1.82, 2.24) is 15.2 Å². The molecule has 0 saturated carbocycles. The summed E-state index contributed by atoms with van der Waals surface area (Å²) in [4.78, 5) is 14.4. The van der Waals surface area contributed by atoms with Crippen molar-refractivity contribution >= 4 is 5.97 Å². The number of nitrogens with one attached hydrogen (secondary N) is 1. The predicted octanol–water partition coefficient (Wildman–Crippen LogP) is 0.729. The lowest BCUT2D eigenvalue weighted by molar-refractivity contribution is -0.136. The van der Waals surface area contributed by atoms with Crippen molar-refractivity contribution in [2.75, 3.05) is 0 Å². The van der Waals surface area contributed by atoms with Crippen molar-refractivity contribution in [3.8, 4) is 0 Å². The van der Waals surface area contributed by atoms with Gasteiger partial charge in [-0.2, -0.15) is 5.10 Å². The van der Waals surface area contributed by atoms with E-state index in [1.54, 1.807) is 0 Å². The first-order chi connectivity index (χ1) is 5.89. The van der Waals surface area contributed by atoms with Crippen molar-refractivity contribution < 1.29 is 9.90 Å². The fourth-order valence-corrected chi connectivity index (χ4v) is 0.853. The third-order valence-corrected chi connectivity index (χ3v) is 1.52. The van der Waals surface area contributed by atoms with Crippen molar-refractivity contribution in [2.45, 2.75) is 32.6 Å². The predicted molar refractivity (Wildman–Crippen MR) is 46.4 cm³/mol. The van der Waals surface area contributed by atoms with E-state index >= 15 is 0 Å². The summed E-state index contributed by atoms with van der Waals surface area (Å²) in [5.41, 5.74) is -0.146. The fraction of sp³-hybridized carbons (Fsp3) is 0.625. The number of nitrogens with zero attached hydrogens (tertiary/aromatic N) is 2. The van der Waals surface area contributed by atoms with E-state index in [1.165, 1.54) is 0 Å². The summed E-state index contributed by atoms with van der Waals surface area (Å²) in [6.07, 6.45) is -0.108. The average Bonchev–Trinajstić information content (AvgIpc) is 2.32. The molecule has 0 atom stereocenters. The highest BCUT2D eigenvalue weighted by molar-refractivity contribution is 5.68. The minimum atomic E-state index is -0.906. The third kappa shape index (κ3) is 2.54. The maximum Gasteiger partial charge on any atom is 0.311 e. The summed E-state index contributed by atoms with van der Waals surface area (Å²) < 4.78 is 0. The zero-order valence-corrected chi connectivity index (χ0v) is 7.96. The summed E-state index contributed by atoms with van der Waals surface area (Å²) in [5.74, 6) is 0.137. The van der Waals surface area contributed by atoms with E-state index in [2.05, 4.69) is 15.2 Å². The van der Waals surface area contributed by atoms with Crippen LogP contribution in [0.4, 0.5) is 0 Å². The van der Waals surface area contributed by atoms with Crippen molar-refractivity contribution in [1.29, 1.82) is 0 Å². The fourth-order valence-electron chi connectivity index (χ4n) is 0.853. The Bertz CT molecular complexity index is 311. The summed E-state index contributed by atoms with van der Waals surface area (Å²) in [6.45, 7) is 5.92. The lowest BCUT2D eigenvalue weighted by Gasteiger charge is -2.11. The molecule has 0 unspecified atom stereocenters. The largest absolute Gasteiger partial charge is 0.481 e. The van der Waals surface area contributed by atoms with Crippen LogP contribution in [0.15, 0.2) is 0 Å². The number of hydrogen-bond acceptors (Lipinski definition) is 3. The lowest BCUT2D eigenvalue weighted by Crippen LogP contribution is -2.13. The zero-order chi connectivity index (χ0) is 10.1. The lowest BCUT2D eigenvalue weighted by atomic mass is 9.96. The number of aliphatic carboxylic acids is 1. The first-order valence-corrected chi connectivity index (χ1v) is 4.03. The Labute approximate surface area is 76.2 Å². The minimum absolute atomic E-state index is 0.108. The number of carboxylic acids is 1. The Kier molecular flexibility index (Phi) is 2.36. The quantitative estimate of drug-likeness (QED) is 0.708. The van der Waals surface area contributed by atoms with E-state index in [-0.39, 0.29) is 11.8 Å². The number of carboxylic acid groups (broad SMARTS) is 1. The Morgan fingerprint density at radius 1 is 1.54 bits per heavy atom. The Morgan fingerprint density at radius 2 is 2.15 bits per heavy atom. The Balaban J connectivity index is 2.81. The second kappa shape index (κ2) is 3.16. The van der Waals surface area contributed by atoms with Gasteiger partial charge < -0.3 is 5.11 Å². The number of H-pyrrole nitrogens is 1. The van der Waals surface area contributed by atoms with E-state index < -0.39 is 5.97 Å². The molecular formula is C8H13N3O2. The molecule has 0 aliphatic carbocycles. The molecule has 0 amide bonds. The number of rotatable bonds is 2. The van der Waals surface area contributed by atoms with Gasteiger partial charge in [-0.05, 0) is 0 Å². The maximum absolute atomic E-state index is 10.3. The van der Waals surface area contributed by atoms with Gasteiger partial charge in [0.15, 0.2) is 5.82 Å². The zero-order valence-electron chi connectivity index (χ0n) is 7.96. The van der Waals surface area contributed by atoms with Crippen molar-refractivity contribution in [2.24, 2.45) is 0 Å². The minimum Gasteiger partial charge on any atom is -0.481 e. The third-order valence-electron chi connectivity index (χ3n) is 1.52. The van der Waals surface area contributed by atoms with Crippen LogP contribution in [0.2, 0.25) is 0 Å². The second-order valence-electron chi connectivity index (χ2n) is 3.93. The van der Waals surface area contributed by atoms with Gasteiger partial charge in [0.2, 0.25) is 0 Å². The van der Waals surface area contributed by atoms with Crippen LogP contribution in [0, 0.1) is 0 Å². The highest BCUT2D eigenvalue weighted by Gasteiger charge is 2.19. The summed E-state index contributed by atoms with van der Waals surface area (Å²) in [6, 6.07) is 0. The number of aromatic amines is 1. The van der Waals surface area contributed by atoms with Crippen LogP contribution in [-0.2, 0) is 16.6 Å². The summed E-state index contributed by atoms with van der Waals surface area (Å²) >= 11 is 0.